The number of aromatic nitrogens is 5. The molecular formula is C19H23N9S. The van der Waals surface area contributed by atoms with Crippen molar-refractivity contribution in [2.75, 3.05) is 17.2 Å². The molecule has 3 atom stereocenters. The molecule has 0 aliphatic carbocycles. The maximum atomic E-state index is 8.93. The van der Waals surface area contributed by atoms with Crippen molar-refractivity contribution in [2.24, 2.45) is 0 Å². The second-order valence-electron chi connectivity index (χ2n) is 7.81. The zero-order chi connectivity index (χ0) is 19.8. The number of aryl methyl sites for hydroxylation is 1. The Hall–Kier alpha value is -2.77. The van der Waals surface area contributed by atoms with Gasteiger partial charge in [-0.05, 0) is 32.6 Å². The van der Waals surface area contributed by atoms with E-state index in [0.29, 0.717) is 36.3 Å². The zero-order valence-electron chi connectivity index (χ0n) is 16.2. The fraction of sp³-hybridized carbons (Fsp3) is 0.526. The van der Waals surface area contributed by atoms with Gasteiger partial charge in [0.05, 0.1) is 11.6 Å². The summed E-state index contributed by atoms with van der Waals surface area (Å²) < 4.78 is 0. The molecule has 3 aromatic heterocycles. The summed E-state index contributed by atoms with van der Waals surface area (Å²) in [5.41, 5.74) is 3.60. The van der Waals surface area contributed by atoms with Gasteiger partial charge < -0.3 is 10.6 Å². The fourth-order valence-electron chi connectivity index (χ4n) is 4.64. The molecule has 5 rings (SSSR count). The summed E-state index contributed by atoms with van der Waals surface area (Å²) in [6.45, 7) is 2.84. The van der Waals surface area contributed by atoms with Gasteiger partial charge in [-0.1, -0.05) is 0 Å². The molecule has 0 aromatic carbocycles. The van der Waals surface area contributed by atoms with E-state index in [0.717, 1.165) is 41.2 Å². The lowest BCUT2D eigenvalue weighted by Gasteiger charge is -2.39. The van der Waals surface area contributed by atoms with E-state index in [1.54, 1.807) is 5.51 Å². The number of nitrogens with zero attached hydrogens (tertiary/aromatic N) is 6. The molecule has 0 spiro atoms. The van der Waals surface area contributed by atoms with Gasteiger partial charge in [0.1, 0.15) is 5.52 Å². The first-order valence-electron chi connectivity index (χ1n) is 9.99. The highest BCUT2D eigenvalue weighted by Gasteiger charge is 2.40. The maximum absolute atomic E-state index is 8.93. The molecule has 2 aliphatic rings. The maximum Gasteiger partial charge on any atom is 0.231 e. The largest absolute Gasteiger partial charge is 0.365 e. The molecule has 0 saturated carbocycles. The second kappa shape index (κ2) is 7.57. The molecule has 2 bridgehead atoms. The summed E-state index contributed by atoms with van der Waals surface area (Å²) in [5.74, 6) is 1.99. The molecule has 0 radical (unpaired) electrons. The smallest absolute Gasteiger partial charge is 0.231 e. The summed E-state index contributed by atoms with van der Waals surface area (Å²) in [4.78, 5) is 17.2. The van der Waals surface area contributed by atoms with Crippen molar-refractivity contribution in [1.82, 2.24) is 30.0 Å². The van der Waals surface area contributed by atoms with Crippen molar-refractivity contribution in [3.05, 3.63) is 17.3 Å². The molecule has 3 N–H and O–H groups in total. The predicted molar refractivity (Wildman–Crippen MR) is 112 cm³/mol. The van der Waals surface area contributed by atoms with Crippen molar-refractivity contribution in [1.29, 1.82) is 5.26 Å². The number of hydrogen-bond donors (Lipinski definition) is 3. The van der Waals surface area contributed by atoms with E-state index in [1.165, 1.54) is 24.2 Å². The minimum Gasteiger partial charge on any atom is -0.365 e. The van der Waals surface area contributed by atoms with Gasteiger partial charge in [-0.15, -0.1) is 11.3 Å². The first-order chi connectivity index (χ1) is 14.2. The Bertz CT molecular complexity index is 1040. The predicted octanol–water partition coefficient (Wildman–Crippen LogP) is 3.18. The van der Waals surface area contributed by atoms with Crippen LogP contribution >= 0.6 is 11.3 Å². The number of piperidine rings is 1. The standard InChI is InChI=1S/C19H23N9S/c1-11-7-15(27-26-11)23-19-24-17(16-18(25-19)29-10-21-16)22-12-8-13-3-4-14(9-12)28(13)6-2-5-20/h7,10,12-14H,2-4,6,8-9H2,1H3,(H3,22,23,24,25,26,27)/t12-,13-,14+. The number of hydrogen-bond acceptors (Lipinski definition) is 9. The van der Waals surface area contributed by atoms with E-state index in [9.17, 15) is 0 Å². The molecule has 0 amide bonds. The summed E-state index contributed by atoms with van der Waals surface area (Å²) in [6.07, 6.45) is 5.18. The third-order valence-electron chi connectivity index (χ3n) is 5.85. The van der Waals surface area contributed by atoms with Gasteiger partial charge in [-0.2, -0.15) is 20.3 Å². The first-order valence-corrected chi connectivity index (χ1v) is 10.9. The zero-order valence-corrected chi connectivity index (χ0v) is 17.0. The number of H-pyrrole nitrogens is 1. The molecule has 2 saturated heterocycles. The Morgan fingerprint density at radius 2 is 2.14 bits per heavy atom. The van der Waals surface area contributed by atoms with Crippen LogP contribution in [-0.4, -0.2) is 54.7 Å². The lowest BCUT2D eigenvalue weighted by atomic mass is 9.97. The highest BCUT2D eigenvalue weighted by atomic mass is 32.1. The van der Waals surface area contributed by atoms with Crippen LogP contribution in [0.15, 0.2) is 11.6 Å². The Morgan fingerprint density at radius 3 is 2.86 bits per heavy atom. The van der Waals surface area contributed by atoms with E-state index in [2.05, 4.69) is 41.8 Å². The van der Waals surface area contributed by atoms with Crippen LogP contribution < -0.4 is 10.6 Å². The lowest BCUT2D eigenvalue weighted by molar-refractivity contribution is 0.136. The molecule has 9 nitrogen and oxygen atoms in total. The molecule has 5 heterocycles. The quantitative estimate of drug-likeness (QED) is 0.568. The Morgan fingerprint density at radius 1 is 1.31 bits per heavy atom. The summed E-state index contributed by atoms with van der Waals surface area (Å²) >= 11 is 1.51. The number of rotatable bonds is 6. The molecule has 2 fully saturated rings. The molecule has 29 heavy (non-hydrogen) atoms. The van der Waals surface area contributed by atoms with Gasteiger partial charge in [0.2, 0.25) is 5.95 Å². The lowest BCUT2D eigenvalue weighted by Crippen LogP contribution is -2.47. The number of fused-ring (bicyclic) bond motifs is 3. The van der Waals surface area contributed by atoms with Crippen LogP contribution in [-0.2, 0) is 0 Å². The van der Waals surface area contributed by atoms with E-state index < -0.39 is 0 Å². The van der Waals surface area contributed by atoms with Crippen molar-refractivity contribution < 1.29 is 0 Å². The van der Waals surface area contributed by atoms with Crippen molar-refractivity contribution in [3.63, 3.8) is 0 Å². The average Bonchev–Trinajstić information content (AvgIpc) is 3.39. The number of nitrogens with one attached hydrogen (secondary N) is 3. The van der Waals surface area contributed by atoms with E-state index in [1.807, 2.05) is 13.0 Å². The third-order valence-corrected chi connectivity index (χ3v) is 6.57. The van der Waals surface area contributed by atoms with Crippen LogP contribution in [0.4, 0.5) is 17.6 Å². The van der Waals surface area contributed by atoms with Gasteiger partial charge in [-0.3, -0.25) is 10.00 Å². The van der Waals surface area contributed by atoms with Crippen LogP contribution in [0.5, 0.6) is 0 Å². The Kier molecular flexibility index (Phi) is 4.77. The molecule has 2 aliphatic heterocycles. The monoisotopic (exact) mass is 409 g/mol. The van der Waals surface area contributed by atoms with Crippen LogP contribution in [0.2, 0.25) is 0 Å². The molecule has 3 aromatic rings. The minimum atomic E-state index is 0.353. The average molecular weight is 410 g/mol. The molecule has 0 unspecified atom stereocenters. The van der Waals surface area contributed by atoms with Crippen molar-refractivity contribution in [2.45, 2.75) is 57.2 Å². The minimum absolute atomic E-state index is 0.353. The SMILES string of the molecule is Cc1cc(Nc2nc(N[C@@H]3C[C@H]4CC[C@@H](C3)N4CCC#N)c3ncsc3n2)n[nH]1. The van der Waals surface area contributed by atoms with Gasteiger partial charge in [-0.25, -0.2) is 4.98 Å². The summed E-state index contributed by atoms with van der Waals surface area (Å²) in [5, 5.41) is 22.9. The van der Waals surface area contributed by atoms with E-state index in [-0.39, 0.29) is 0 Å². The highest BCUT2D eigenvalue weighted by molar-refractivity contribution is 7.16. The van der Waals surface area contributed by atoms with Crippen LogP contribution in [0.3, 0.4) is 0 Å². The van der Waals surface area contributed by atoms with Crippen LogP contribution in [0.25, 0.3) is 10.3 Å². The third kappa shape index (κ3) is 3.63. The first kappa shape index (κ1) is 18.3. The van der Waals surface area contributed by atoms with Crippen molar-refractivity contribution in [3.8, 4) is 6.07 Å². The fourth-order valence-corrected chi connectivity index (χ4v) is 5.30. The summed E-state index contributed by atoms with van der Waals surface area (Å²) in [7, 11) is 0. The Balaban J connectivity index is 1.35. The topological polar surface area (TPSA) is 118 Å². The van der Waals surface area contributed by atoms with Gasteiger partial charge >= 0.3 is 0 Å². The number of nitriles is 1. The van der Waals surface area contributed by atoms with Gasteiger partial charge in [0.25, 0.3) is 0 Å². The highest BCUT2D eigenvalue weighted by Crippen LogP contribution is 2.37. The molecule has 150 valence electrons. The second-order valence-corrected chi connectivity index (χ2v) is 8.64. The number of aromatic amines is 1. The van der Waals surface area contributed by atoms with Gasteiger partial charge in [0.15, 0.2) is 16.5 Å². The summed E-state index contributed by atoms with van der Waals surface area (Å²) in [6, 6.07) is 5.66. The van der Waals surface area contributed by atoms with E-state index in [4.69, 9.17) is 10.2 Å². The normalized spacial score (nSPS) is 23.9. The number of anilines is 3. The van der Waals surface area contributed by atoms with Crippen LogP contribution in [0, 0.1) is 18.3 Å². The van der Waals surface area contributed by atoms with E-state index >= 15 is 0 Å². The number of thiazole rings is 1. The van der Waals surface area contributed by atoms with Crippen molar-refractivity contribution >= 4 is 39.3 Å². The van der Waals surface area contributed by atoms with Gasteiger partial charge in [0, 0.05) is 42.9 Å². The Labute approximate surface area is 172 Å². The molecule has 10 heteroatoms. The van der Waals surface area contributed by atoms with Crippen LogP contribution in [0.1, 0.15) is 37.8 Å². The molecular weight excluding hydrogens is 386 g/mol.